The molecule has 1 aromatic carbocycles. The van der Waals surface area contributed by atoms with Crippen molar-refractivity contribution in [3.05, 3.63) is 22.2 Å². The van der Waals surface area contributed by atoms with E-state index in [0.717, 1.165) is 13.2 Å². The zero-order valence-electron chi connectivity index (χ0n) is 14.0. The van der Waals surface area contributed by atoms with E-state index in [-0.39, 0.29) is 21.5 Å². The number of alkyl halides is 7. The van der Waals surface area contributed by atoms with E-state index in [4.69, 9.17) is 9.47 Å². The smallest absolute Gasteiger partial charge is 0.462 e. The van der Waals surface area contributed by atoms with E-state index < -0.39 is 30.7 Å². The third-order valence-electron chi connectivity index (χ3n) is 3.02. The van der Waals surface area contributed by atoms with Crippen LogP contribution in [0.15, 0.2) is 21.7 Å². The molecule has 0 spiro atoms. The number of rotatable bonds is 8. The van der Waals surface area contributed by atoms with Gasteiger partial charge in [-0.1, -0.05) is 0 Å². The zero-order chi connectivity index (χ0) is 21.8. The molecule has 0 bridgehead atoms. The van der Waals surface area contributed by atoms with E-state index in [0.29, 0.717) is 11.6 Å². The lowest BCUT2D eigenvalue weighted by molar-refractivity contribution is -0.361. The Balaban J connectivity index is 3.01. The lowest BCUT2D eigenvalue weighted by Crippen LogP contribution is -2.58. The molecule has 14 heteroatoms. The first-order valence-corrected chi connectivity index (χ1v) is 7.76. The van der Waals surface area contributed by atoms with Gasteiger partial charge in [-0.15, -0.1) is 0 Å². The predicted molar refractivity (Wildman–Crippen MR) is 84.9 cm³/mol. The van der Waals surface area contributed by atoms with Crippen LogP contribution in [-0.2, 0) is 9.53 Å². The molecule has 0 unspecified atom stereocenters. The van der Waals surface area contributed by atoms with Crippen LogP contribution >= 0.6 is 15.9 Å². The molecule has 1 aromatic rings. The van der Waals surface area contributed by atoms with Crippen LogP contribution in [0, 0.1) is 0 Å². The maximum absolute atomic E-state index is 13.1. The Hall–Kier alpha value is -2.25. The van der Waals surface area contributed by atoms with Gasteiger partial charge in [-0.2, -0.15) is 35.8 Å². The summed E-state index contributed by atoms with van der Waals surface area (Å²) in [6, 6.07) is -3.32. The van der Waals surface area contributed by atoms with E-state index in [1.807, 2.05) is 0 Å². The number of hydrogen-bond acceptors (Lipinski definition) is 6. The van der Waals surface area contributed by atoms with Crippen LogP contribution in [0.3, 0.4) is 0 Å². The number of ether oxygens (including phenoxy) is 3. The van der Waals surface area contributed by atoms with E-state index in [1.54, 1.807) is 0 Å². The van der Waals surface area contributed by atoms with Gasteiger partial charge in [0.15, 0.2) is 18.1 Å². The maximum Gasteiger partial charge on any atom is 0.462 e. The van der Waals surface area contributed by atoms with Gasteiger partial charge in [-0.25, -0.2) is 10.2 Å². The molecule has 0 aliphatic heterocycles. The van der Waals surface area contributed by atoms with E-state index in [2.05, 4.69) is 25.8 Å². The first-order valence-electron chi connectivity index (χ1n) is 6.96. The van der Waals surface area contributed by atoms with Gasteiger partial charge < -0.3 is 14.2 Å². The van der Waals surface area contributed by atoms with Crippen LogP contribution in [0.2, 0.25) is 0 Å². The average Bonchev–Trinajstić information content (AvgIpc) is 2.59. The fraction of sp³-hybridized carbons (Fsp3) is 0.429. The molecule has 0 radical (unpaired) electrons. The summed E-state index contributed by atoms with van der Waals surface area (Å²) < 4.78 is 103. The summed E-state index contributed by atoms with van der Waals surface area (Å²) in [7, 11) is 2.33. The van der Waals surface area contributed by atoms with E-state index in [1.165, 1.54) is 13.2 Å². The Morgan fingerprint density at radius 3 is 2.25 bits per heavy atom. The highest BCUT2D eigenvalue weighted by Crippen LogP contribution is 2.45. The van der Waals surface area contributed by atoms with Gasteiger partial charge in [0.05, 0.1) is 20.4 Å². The molecular formula is C14H12BrF7N2O4. The number of benzene rings is 1. The lowest BCUT2D eigenvalue weighted by Gasteiger charge is -2.27. The summed E-state index contributed by atoms with van der Waals surface area (Å²) in [6.07, 6.45) is -5.93. The summed E-state index contributed by atoms with van der Waals surface area (Å²) in [6.45, 7) is -0.479. The Kier molecular flexibility index (Phi) is 7.51. The van der Waals surface area contributed by atoms with Crippen LogP contribution in [0.5, 0.6) is 11.5 Å². The minimum atomic E-state index is -6.48. The molecule has 0 atom stereocenters. The number of hydrazone groups is 1. The third-order valence-corrected chi connectivity index (χ3v) is 3.70. The average molecular weight is 485 g/mol. The molecule has 1 rings (SSSR count). The topological polar surface area (TPSA) is 69.2 Å². The molecule has 0 saturated carbocycles. The monoisotopic (exact) mass is 484 g/mol. The zero-order valence-corrected chi connectivity index (χ0v) is 15.6. The van der Waals surface area contributed by atoms with Gasteiger partial charge in [0.2, 0.25) is 0 Å². The second-order valence-electron chi connectivity index (χ2n) is 4.91. The van der Waals surface area contributed by atoms with Gasteiger partial charge >= 0.3 is 24.1 Å². The molecule has 0 heterocycles. The fourth-order valence-electron chi connectivity index (χ4n) is 1.55. The Morgan fingerprint density at radius 2 is 1.75 bits per heavy atom. The van der Waals surface area contributed by atoms with Crippen LogP contribution in [0.1, 0.15) is 5.56 Å². The minimum absolute atomic E-state index is 0.0130. The number of halogens is 8. The highest BCUT2D eigenvalue weighted by atomic mass is 79.9. The van der Waals surface area contributed by atoms with Crippen molar-refractivity contribution in [3.63, 3.8) is 0 Å². The van der Waals surface area contributed by atoms with Gasteiger partial charge in [0, 0.05) is 10.0 Å². The van der Waals surface area contributed by atoms with Crippen molar-refractivity contribution >= 4 is 28.1 Å². The van der Waals surface area contributed by atoms with Gasteiger partial charge in [-0.05, 0) is 28.1 Å². The molecule has 0 fully saturated rings. The SMILES string of the molecule is COC(=O)COc1cc(Br)c(/C=N/NC(F)(F)C(F)(F)C(F)(F)F)cc1OC. The quantitative estimate of drug-likeness (QED) is 0.200. The number of esters is 1. The number of methoxy groups -OCH3 is 2. The summed E-state index contributed by atoms with van der Waals surface area (Å²) in [4.78, 5) is 11.1. The summed E-state index contributed by atoms with van der Waals surface area (Å²) in [5.41, 5.74) is 0.452. The second kappa shape index (κ2) is 8.84. The van der Waals surface area contributed by atoms with Gasteiger partial charge in [0.25, 0.3) is 0 Å². The predicted octanol–water partition coefficient (Wildman–Crippen LogP) is 3.72. The maximum atomic E-state index is 13.1. The van der Waals surface area contributed by atoms with Crippen LogP contribution < -0.4 is 14.9 Å². The summed E-state index contributed by atoms with van der Waals surface area (Å²) in [5.74, 6) is -7.04. The Morgan fingerprint density at radius 1 is 1.14 bits per heavy atom. The highest BCUT2D eigenvalue weighted by molar-refractivity contribution is 9.10. The number of hydrogen-bond donors (Lipinski definition) is 1. The van der Waals surface area contributed by atoms with Crippen molar-refractivity contribution in [2.24, 2.45) is 5.10 Å². The summed E-state index contributed by atoms with van der Waals surface area (Å²) >= 11 is 3.00. The summed E-state index contributed by atoms with van der Waals surface area (Å²) in [5, 5.41) is 2.74. The largest absolute Gasteiger partial charge is 0.493 e. The van der Waals surface area contributed by atoms with E-state index >= 15 is 0 Å². The van der Waals surface area contributed by atoms with Crippen LogP contribution in [0.4, 0.5) is 30.7 Å². The molecule has 0 aliphatic rings. The minimum Gasteiger partial charge on any atom is -0.493 e. The molecule has 0 aliphatic carbocycles. The number of nitrogens with zero attached hydrogens (tertiary/aromatic N) is 1. The molecule has 28 heavy (non-hydrogen) atoms. The Bertz CT molecular complexity index is 741. The highest BCUT2D eigenvalue weighted by Gasteiger charge is 2.73. The molecule has 0 amide bonds. The van der Waals surface area contributed by atoms with Gasteiger partial charge in [-0.3, -0.25) is 0 Å². The van der Waals surface area contributed by atoms with Gasteiger partial charge in [0.1, 0.15) is 0 Å². The molecule has 0 aromatic heterocycles. The van der Waals surface area contributed by atoms with Crippen molar-refractivity contribution in [1.82, 2.24) is 5.43 Å². The molecule has 158 valence electrons. The second-order valence-corrected chi connectivity index (χ2v) is 5.76. The normalized spacial score (nSPS) is 12.8. The first kappa shape index (κ1) is 23.8. The van der Waals surface area contributed by atoms with Crippen molar-refractivity contribution in [2.45, 2.75) is 18.1 Å². The lowest BCUT2D eigenvalue weighted by atomic mass is 10.2. The van der Waals surface area contributed by atoms with Crippen LogP contribution in [-0.4, -0.2) is 51.2 Å². The number of carbonyl (C=O) groups excluding carboxylic acids is 1. The molecule has 1 N–H and O–H groups in total. The Labute approximate surface area is 161 Å². The molecular weight excluding hydrogens is 473 g/mol. The van der Waals surface area contributed by atoms with E-state index in [9.17, 15) is 35.5 Å². The van der Waals surface area contributed by atoms with Crippen molar-refractivity contribution in [3.8, 4) is 11.5 Å². The van der Waals surface area contributed by atoms with Crippen molar-refractivity contribution in [1.29, 1.82) is 0 Å². The van der Waals surface area contributed by atoms with Crippen LogP contribution in [0.25, 0.3) is 0 Å². The number of carbonyl (C=O) groups is 1. The standard InChI is InChI=1S/C14H12BrF7N2O4/c1-26-9-3-7(8(15)4-10(9)28-6-11(25)27-2)5-23-24-14(21,22)12(16,17)13(18,19)20/h3-5,24H,6H2,1-2H3/b23-5+. The molecule has 0 saturated heterocycles. The number of nitrogens with one attached hydrogen (secondary N) is 1. The fourth-order valence-corrected chi connectivity index (χ4v) is 1.97. The first-order chi connectivity index (χ1) is 12.8. The van der Waals surface area contributed by atoms with Crippen molar-refractivity contribution in [2.75, 3.05) is 20.8 Å². The third kappa shape index (κ3) is 5.39. The van der Waals surface area contributed by atoms with Crippen molar-refractivity contribution < 1.29 is 49.7 Å². The molecule has 6 nitrogen and oxygen atoms in total.